The maximum Gasteiger partial charge on any atom is 0.276 e. The molecule has 1 aliphatic rings. The molecule has 5 rings (SSSR count). The number of hydrogen-bond donors (Lipinski definition) is 0. The van der Waals surface area contributed by atoms with Gasteiger partial charge < -0.3 is 9.42 Å². The number of fused-ring (bicyclic) bond motifs is 1. The molecule has 7 heteroatoms. The van der Waals surface area contributed by atoms with Gasteiger partial charge in [0.15, 0.2) is 21.3 Å². The van der Waals surface area contributed by atoms with Crippen molar-refractivity contribution in [3.8, 4) is 11.3 Å². The van der Waals surface area contributed by atoms with Gasteiger partial charge in [0.2, 0.25) is 0 Å². The van der Waals surface area contributed by atoms with Crippen molar-refractivity contribution in [1.82, 2.24) is 10.1 Å². The van der Waals surface area contributed by atoms with E-state index in [4.69, 9.17) is 4.52 Å². The topological polar surface area (TPSA) is 80.5 Å². The average Bonchev–Trinajstić information content (AvgIpc) is 3.45. The summed E-state index contributed by atoms with van der Waals surface area (Å²) in [6.07, 6.45) is 0.417. The lowest BCUT2D eigenvalue weighted by Crippen LogP contribution is -2.40. The number of aryl methyl sites for hydroxylation is 2. The Labute approximate surface area is 199 Å². The van der Waals surface area contributed by atoms with Crippen LogP contribution in [0.2, 0.25) is 0 Å². The van der Waals surface area contributed by atoms with Crippen LogP contribution >= 0.6 is 0 Å². The predicted octanol–water partition coefficient (Wildman–Crippen LogP) is 4.94. The van der Waals surface area contributed by atoms with E-state index >= 15 is 0 Å². The normalized spacial score (nSPS) is 17.2. The fourth-order valence-electron chi connectivity index (χ4n) is 4.56. The Morgan fingerprint density at radius 3 is 2.59 bits per heavy atom. The van der Waals surface area contributed by atoms with E-state index in [0.29, 0.717) is 18.7 Å². The van der Waals surface area contributed by atoms with Crippen LogP contribution in [0.5, 0.6) is 0 Å². The van der Waals surface area contributed by atoms with Crippen molar-refractivity contribution in [3.05, 3.63) is 89.1 Å². The Hall–Kier alpha value is -3.45. The number of rotatable bonds is 5. The number of carbonyl (C=O) groups excluding carboxylic acids is 1. The molecule has 0 saturated carbocycles. The van der Waals surface area contributed by atoms with Gasteiger partial charge in [0, 0.05) is 24.2 Å². The van der Waals surface area contributed by atoms with Gasteiger partial charge in [-0.05, 0) is 53.8 Å². The highest BCUT2D eigenvalue weighted by atomic mass is 32.2. The first-order chi connectivity index (χ1) is 16.3. The van der Waals surface area contributed by atoms with E-state index in [2.05, 4.69) is 5.16 Å². The molecular weight excluding hydrogens is 448 g/mol. The van der Waals surface area contributed by atoms with Crippen molar-refractivity contribution < 1.29 is 17.7 Å². The van der Waals surface area contributed by atoms with E-state index in [1.165, 1.54) is 5.56 Å². The summed E-state index contributed by atoms with van der Waals surface area (Å²) in [5.74, 6) is 0.235. The fourth-order valence-corrected chi connectivity index (χ4v) is 6.29. The molecule has 0 bridgehead atoms. The Balaban J connectivity index is 1.50. The van der Waals surface area contributed by atoms with Crippen molar-refractivity contribution in [1.29, 1.82) is 0 Å². The zero-order valence-corrected chi connectivity index (χ0v) is 20.0. The third-order valence-corrected chi connectivity index (χ3v) is 8.40. The molecule has 3 aromatic carbocycles. The molecule has 2 heterocycles. The maximum atomic E-state index is 13.7. The van der Waals surface area contributed by atoms with Gasteiger partial charge in [-0.2, -0.15) is 0 Å². The molecule has 1 aliphatic heterocycles. The van der Waals surface area contributed by atoms with Gasteiger partial charge in [-0.1, -0.05) is 59.8 Å². The van der Waals surface area contributed by atoms with E-state index in [1.807, 2.05) is 74.5 Å². The number of amides is 1. The first-order valence-corrected chi connectivity index (χ1v) is 13.2. The Bertz CT molecular complexity index is 1480. The van der Waals surface area contributed by atoms with Crippen molar-refractivity contribution in [3.63, 3.8) is 0 Å². The maximum absolute atomic E-state index is 13.7. The van der Waals surface area contributed by atoms with Gasteiger partial charge in [0.05, 0.1) is 11.5 Å². The second-order valence-corrected chi connectivity index (χ2v) is 11.2. The highest BCUT2D eigenvalue weighted by Crippen LogP contribution is 2.28. The van der Waals surface area contributed by atoms with Gasteiger partial charge in [-0.15, -0.1) is 0 Å². The van der Waals surface area contributed by atoms with E-state index in [9.17, 15) is 13.2 Å². The zero-order chi connectivity index (χ0) is 23.9. The van der Waals surface area contributed by atoms with Crippen molar-refractivity contribution >= 4 is 26.5 Å². The minimum Gasteiger partial charge on any atom is -0.355 e. The van der Waals surface area contributed by atoms with Gasteiger partial charge in [-0.3, -0.25) is 4.79 Å². The number of carbonyl (C=O) groups is 1. The summed E-state index contributed by atoms with van der Waals surface area (Å²) >= 11 is 0. The highest BCUT2D eigenvalue weighted by molar-refractivity contribution is 7.91. The molecule has 0 N–H and O–H groups in total. The van der Waals surface area contributed by atoms with Crippen LogP contribution in [-0.4, -0.2) is 41.9 Å². The molecule has 34 heavy (non-hydrogen) atoms. The average molecular weight is 475 g/mol. The molecule has 0 spiro atoms. The van der Waals surface area contributed by atoms with E-state index in [-0.39, 0.29) is 23.1 Å². The molecule has 4 aromatic rings. The molecule has 0 unspecified atom stereocenters. The summed E-state index contributed by atoms with van der Waals surface area (Å²) in [6.45, 7) is 4.36. The number of aromatic nitrogens is 1. The van der Waals surface area contributed by atoms with Gasteiger partial charge >= 0.3 is 0 Å². The third kappa shape index (κ3) is 4.35. The minimum atomic E-state index is -3.18. The molecule has 1 amide bonds. The van der Waals surface area contributed by atoms with Crippen LogP contribution < -0.4 is 0 Å². The number of hydrogen-bond acceptors (Lipinski definition) is 5. The first kappa shape index (κ1) is 22.3. The van der Waals surface area contributed by atoms with Crippen LogP contribution in [0.1, 0.15) is 33.6 Å². The summed E-state index contributed by atoms with van der Waals surface area (Å²) in [6, 6.07) is 21.1. The molecule has 174 valence electrons. The molecule has 0 aliphatic carbocycles. The van der Waals surface area contributed by atoms with E-state index < -0.39 is 15.9 Å². The summed E-state index contributed by atoms with van der Waals surface area (Å²) in [7, 11) is -3.18. The molecule has 1 saturated heterocycles. The SMILES string of the molecule is Cc1ccc(-c2cc(C(=O)N(Cc3cccc4ccccc34)[C@@H]3CCS(=O)(=O)C3)no2)cc1C. The lowest BCUT2D eigenvalue weighted by molar-refractivity contribution is 0.0671. The molecule has 1 aromatic heterocycles. The number of benzene rings is 3. The lowest BCUT2D eigenvalue weighted by Gasteiger charge is -2.28. The number of nitrogens with zero attached hydrogens (tertiary/aromatic N) is 2. The van der Waals surface area contributed by atoms with E-state index in [0.717, 1.165) is 27.5 Å². The van der Waals surface area contributed by atoms with Crippen molar-refractivity contribution in [2.24, 2.45) is 0 Å². The molecule has 1 fully saturated rings. The minimum absolute atomic E-state index is 0.0363. The van der Waals surface area contributed by atoms with Crippen LogP contribution in [-0.2, 0) is 16.4 Å². The van der Waals surface area contributed by atoms with Crippen molar-refractivity contribution in [2.45, 2.75) is 32.9 Å². The van der Waals surface area contributed by atoms with E-state index in [1.54, 1.807) is 11.0 Å². The highest BCUT2D eigenvalue weighted by Gasteiger charge is 2.36. The lowest BCUT2D eigenvalue weighted by atomic mass is 10.0. The number of sulfone groups is 1. The third-order valence-electron chi connectivity index (χ3n) is 6.65. The summed E-state index contributed by atoms with van der Waals surface area (Å²) in [5, 5.41) is 6.18. The molecule has 1 atom stereocenters. The van der Waals surface area contributed by atoms with Crippen LogP contribution in [0.3, 0.4) is 0 Å². The summed E-state index contributed by atoms with van der Waals surface area (Å²) < 4.78 is 30.0. The van der Waals surface area contributed by atoms with Crippen LogP contribution in [0.25, 0.3) is 22.1 Å². The van der Waals surface area contributed by atoms with Crippen molar-refractivity contribution in [2.75, 3.05) is 11.5 Å². The van der Waals surface area contributed by atoms with Gasteiger partial charge in [0.1, 0.15) is 0 Å². The van der Waals surface area contributed by atoms with Crippen LogP contribution in [0.15, 0.2) is 71.3 Å². The largest absolute Gasteiger partial charge is 0.355 e. The first-order valence-electron chi connectivity index (χ1n) is 11.3. The van der Waals surface area contributed by atoms with Gasteiger partial charge in [0.25, 0.3) is 5.91 Å². The predicted molar refractivity (Wildman–Crippen MR) is 132 cm³/mol. The van der Waals surface area contributed by atoms with Gasteiger partial charge in [-0.25, -0.2) is 8.42 Å². The summed E-state index contributed by atoms with van der Waals surface area (Å²) in [4.78, 5) is 15.3. The second kappa shape index (κ2) is 8.72. The van der Waals surface area contributed by atoms with Crippen LogP contribution in [0.4, 0.5) is 0 Å². The summed E-state index contributed by atoms with van der Waals surface area (Å²) in [5.41, 5.74) is 4.28. The monoisotopic (exact) mass is 474 g/mol. The molecule has 6 nitrogen and oxygen atoms in total. The Morgan fingerprint density at radius 2 is 1.82 bits per heavy atom. The zero-order valence-electron chi connectivity index (χ0n) is 19.2. The Morgan fingerprint density at radius 1 is 1.03 bits per heavy atom. The smallest absolute Gasteiger partial charge is 0.276 e. The fraction of sp³-hybridized carbons (Fsp3) is 0.259. The molecular formula is C27H26N2O4S. The second-order valence-electron chi connectivity index (χ2n) is 9.00. The Kier molecular flexibility index (Phi) is 5.73. The quantitative estimate of drug-likeness (QED) is 0.409. The molecule has 0 radical (unpaired) electrons. The van der Waals surface area contributed by atoms with Crippen LogP contribution in [0, 0.1) is 13.8 Å². The standard InChI is InChI=1S/C27H26N2O4S/c1-18-10-11-21(14-19(18)2)26-15-25(28-33-26)27(30)29(23-12-13-34(31,32)17-23)16-22-8-5-7-20-6-3-4-9-24(20)22/h3-11,14-15,23H,12-13,16-17H2,1-2H3/t23-/m1/s1.